The number of amides is 1. The molecule has 1 aromatic rings. The molecule has 8 heteroatoms. The van der Waals surface area contributed by atoms with Crippen LogP contribution in [0.2, 0.25) is 0 Å². The van der Waals surface area contributed by atoms with Crippen LogP contribution in [0.1, 0.15) is 38.8 Å². The summed E-state index contributed by atoms with van der Waals surface area (Å²) in [6, 6.07) is 0. The molecule has 0 radical (unpaired) electrons. The first-order chi connectivity index (χ1) is 9.74. The number of carboxylic acid groups (broad SMARTS) is 1. The van der Waals surface area contributed by atoms with Crippen molar-refractivity contribution in [2.24, 2.45) is 5.92 Å². The molecule has 21 heavy (non-hydrogen) atoms. The molecular formula is C13H20N4O4. The normalized spacial score (nSPS) is 18.0. The van der Waals surface area contributed by atoms with Gasteiger partial charge in [-0.15, -0.1) is 0 Å². The molecule has 116 valence electrons. The lowest BCUT2D eigenvalue weighted by Gasteiger charge is -2.19. The second kappa shape index (κ2) is 5.71. The van der Waals surface area contributed by atoms with Crippen molar-refractivity contribution in [3.8, 4) is 0 Å². The third-order valence-corrected chi connectivity index (χ3v) is 3.04. The number of aliphatic carboxylic acids is 1. The van der Waals surface area contributed by atoms with Gasteiger partial charge in [0, 0.05) is 6.42 Å². The van der Waals surface area contributed by atoms with Crippen molar-refractivity contribution in [1.82, 2.24) is 20.1 Å². The molecule has 2 rings (SSSR count). The molecule has 1 aromatic heterocycles. The van der Waals surface area contributed by atoms with Gasteiger partial charge in [0.05, 0.1) is 19.0 Å². The molecular weight excluding hydrogens is 276 g/mol. The van der Waals surface area contributed by atoms with Gasteiger partial charge in [-0.05, 0) is 27.2 Å². The maximum Gasteiger partial charge on any atom is 0.408 e. The first-order valence-electron chi connectivity index (χ1n) is 6.87. The molecule has 1 amide bonds. The second-order valence-electron chi connectivity index (χ2n) is 6.06. The van der Waals surface area contributed by atoms with Crippen LogP contribution >= 0.6 is 0 Å². The average molecular weight is 296 g/mol. The van der Waals surface area contributed by atoms with Crippen molar-refractivity contribution in [2.75, 3.05) is 0 Å². The van der Waals surface area contributed by atoms with Crippen LogP contribution in [0.3, 0.4) is 0 Å². The van der Waals surface area contributed by atoms with Crippen LogP contribution in [-0.2, 0) is 29.0 Å². The summed E-state index contributed by atoms with van der Waals surface area (Å²) in [6.07, 6.45) is 0.613. The minimum atomic E-state index is -0.815. The molecule has 0 aliphatic carbocycles. The summed E-state index contributed by atoms with van der Waals surface area (Å²) in [5, 5.41) is 15.8. The van der Waals surface area contributed by atoms with E-state index in [1.54, 1.807) is 25.5 Å². The predicted octanol–water partition coefficient (Wildman–Crippen LogP) is 0.950. The summed E-state index contributed by atoms with van der Waals surface area (Å²) in [4.78, 5) is 26.8. The van der Waals surface area contributed by atoms with Gasteiger partial charge in [0.1, 0.15) is 11.4 Å². The molecule has 0 spiro atoms. The van der Waals surface area contributed by atoms with E-state index < -0.39 is 23.6 Å². The number of hydrogen-bond donors (Lipinski definition) is 2. The summed E-state index contributed by atoms with van der Waals surface area (Å²) in [5.41, 5.74) is -0.556. The van der Waals surface area contributed by atoms with E-state index in [2.05, 4.69) is 15.4 Å². The quantitative estimate of drug-likeness (QED) is 0.860. The highest BCUT2D eigenvalue weighted by Gasteiger charge is 2.26. The van der Waals surface area contributed by atoms with E-state index in [4.69, 9.17) is 9.84 Å². The number of aromatic nitrogens is 3. The van der Waals surface area contributed by atoms with E-state index >= 15 is 0 Å². The van der Waals surface area contributed by atoms with Gasteiger partial charge < -0.3 is 15.2 Å². The second-order valence-corrected chi connectivity index (χ2v) is 6.06. The van der Waals surface area contributed by atoms with Gasteiger partial charge in [0.2, 0.25) is 0 Å². The number of nitrogens with zero attached hydrogens (tertiary/aromatic N) is 3. The van der Waals surface area contributed by atoms with Gasteiger partial charge in [-0.2, -0.15) is 5.10 Å². The first kappa shape index (κ1) is 15.3. The molecule has 0 aromatic carbocycles. The number of carbonyl (C=O) groups excluding carboxylic acids is 1. The molecule has 1 aliphatic rings. The number of alkyl carbamates (subject to hydrolysis) is 1. The Morgan fingerprint density at radius 3 is 2.81 bits per heavy atom. The Morgan fingerprint density at radius 1 is 1.48 bits per heavy atom. The molecule has 1 unspecified atom stereocenters. The van der Waals surface area contributed by atoms with Gasteiger partial charge in [-0.25, -0.2) is 14.5 Å². The zero-order valence-electron chi connectivity index (χ0n) is 12.4. The van der Waals surface area contributed by atoms with Crippen molar-refractivity contribution in [2.45, 2.75) is 52.3 Å². The maximum absolute atomic E-state index is 11.5. The van der Waals surface area contributed by atoms with Crippen molar-refractivity contribution >= 4 is 12.1 Å². The highest BCUT2D eigenvalue weighted by molar-refractivity contribution is 5.70. The minimum Gasteiger partial charge on any atom is -0.481 e. The Hall–Kier alpha value is -2.12. The van der Waals surface area contributed by atoms with E-state index in [0.717, 1.165) is 5.82 Å². The molecule has 1 aliphatic heterocycles. The van der Waals surface area contributed by atoms with Crippen molar-refractivity contribution in [3.05, 3.63) is 11.6 Å². The molecule has 2 N–H and O–H groups in total. The number of aryl methyl sites for hydroxylation is 1. The van der Waals surface area contributed by atoms with Gasteiger partial charge in [-0.1, -0.05) is 0 Å². The number of carboxylic acids is 1. The third kappa shape index (κ3) is 4.17. The van der Waals surface area contributed by atoms with Crippen molar-refractivity contribution in [3.63, 3.8) is 0 Å². The number of hydrogen-bond acceptors (Lipinski definition) is 5. The smallest absolute Gasteiger partial charge is 0.408 e. The summed E-state index contributed by atoms with van der Waals surface area (Å²) < 4.78 is 6.73. The number of ether oxygens (including phenoxy) is 1. The largest absolute Gasteiger partial charge is 0.481 e. The van der Waals surface area contributed by atoms with E-state index in [0.29, 0.717) is 25.2 Å². The van der Waals surface area contributed by atoms with Crippen LogP contribution in [0.15, 0.2) is 0 Å². The van der Waals surface area contributed by atoms with Gasteiger partial charge in [0.25, 0.3) is 0 Å². The SMILES string of the molecule is CC(C)(C)OC(=O)NCc1nc2n(n1)CC(C(=O)O)CC2. The fourth-order valence-electron chi connectivity index (χ4n) is 2.10. The number of carbonyl (C=O) groups is 2. The number of rotatable bonds is 3. The highest BCUT2D eigenvalue weighted by Crippen LogP contribution is 2.18. The predicted molar refractivity (Wildman–Crippen MR) is 72.5 cm³/mol. The zero-order valence-corrected chi connectivity index (χ0v) is 12.4. The maximum atomic E-state index is 11.5. The lowest BCUT2D eigenvalue weighted by atomic mass is 10.0. The van der Waals surface area contributed by atoms with E-state index in [-0.39, 0.29) is 6.54 Å². The number of nitrogens with one attached hydrogen (secondary N) is 1. The van der Waals surface area contributed by atoms with Crippen LogP contribution in [-0.4, -0.2) is 37.5 Å². The molecule has 0 fully saturated rings. The van der Waals surface area contributed by atoms with Crippen LogP contribution in [0, 0.1) is 5.92 Å². The fraction of sp³-hybridized carbons (Fsp3) is 0.692. The topological polar surface area (TPSA) is 106 Å². The Labute approximate surface area is 122 Å². The lowest BCUT2D eigenvalue weighted by molar-refractivity contribution is -0.142. The van der Waals surface area contributed by atoms with Crippen LogP contribution in [0.25, 0.3) is 0 Å². The minimum absolute atomic E-state index is 0.159. The lowest BCUT2D eigenvalue weighted by Crippen LogP contribution is -2.32. The monoisotopic (exact) mass is 296 g/mol. The molecule has 0 saturated carbocycles. The Bertz CT molecular complexity index is 547. The van der Waals surface area contributed by atoms with Crippen molar-refractivity contribution in [1.29, 1.82) is 0 Å². The number of fused-ring (bicyclic) bond motifs is 1. The molecule has 2 heterocycles. The Balaban J connectivity index is 1.92. The molecule has 0 saturated heterocycles. The molecule has 8 nitrogen and oxygen atoms in total. The van der Waals surface area contributed by atoms with E-state index in [1.807, 2.05) is 0 Å². The van der Waals surface area contributed by atoms with Crippen molar-refractivity contribution < 1.29 is 19.4 Å². The summed E-state index contributed by atoms with van der Waals surface area (Å²) >= 11 is 0. The molecule has 1 atom stereocenters. The summed E-state index contributed by atoms with van der Waals surface area (Å²) in [5.74, 6) is -0.0224. The zero-order chi connectivity index (χ0) is 15.6. The van der Waals surface area contributed by atoms with Gasteiger partial charge in [-0.3, -0.25) is 4.79 Å². The van der Waals surface area contributed by atoms with E-state index in [1.165, 1.54) is 0 Å². The van der Waals surface area contributed by atoms with Crippen LogP contribution < -0.4 is 5.32 Å². The van der Waals surface area contributed by atoms with Crippen LogP contribution in [0.5, 0.6) is 0 Å². The Kier molecular flexibility index (Phi) is 4.15. The van der Waals surface area contributed by atoms with Gasteiger partial charge in [0.15, 0.2) is 5.82 Å². The standard InChI is InChI=1S/C13H20N4O4/c1-13(2,3)21-12(20)14-6-9-15-10-5-4-8(11(18)19)7-17(10)16-9/h8H,4-7H2,1-3H3,(H,14,20)(H,18,19). The van der Waals surface area contributed by atoms with Gasteiger partial charge >= 0.3 is 12.1 Å². The highest BCUT2D eigenvalue weighted by atomic mass is 16.6. The van der Waals surface area contributed by atoms with Crippen LogP contribution in [0.4, 0.5) is 4.79 Å². The summed E-state index contributed by atoms with van der Waals surface area (Å²) in [6.45, 7) is 5.83. The Morgan fingerprint density at radius 2 is 2.19 bits per heavy atom. The fourth-order valence-corrected chi connectivity index (χ4v) is 2.10. The first-order valence-corrected chi connectivity index (χ1v) is 6.87. The molecule has 0 bridgehead atoms. The third-order valence-electron chi connectivity index (χ3n) is 3.04. The van der Waals surface area contributed by atoms with E-state index in [9.17, 15) is 9.59 Å². The summed E-state index contributed by atoms with van der Waals surface area (Å²) in [7, 11) is 0. The average Bonchev–Trinajstić information content (AvgIpc) is 2.75.